The average molecular weight is 405 g/mol. The molecule has 4 nitrogen and oxygen atoms in total. The maximum Gasteiger partial charge on any atom is 0.451 e. The largest absolute Gasteiger partial charge is 0.451 e. The maximum atomic E-state index is 13.1. The number of thioether (sulfide) groups is 1. The Balaban J connectivity index is 1.80. The molecule has 1 aromatic heterocycles. The van der Waals surface area contributed by atoms with Crippen LogP contribution in [0, 0.1) is 0 Å². The van der Waals surface area contributed by atoms with E-state index >= 15 is 0 Å². The monoisotopic (exact) mass is 405 g/mol. The topological polar surface area (TPSA) is 46.1 Å². The molecular weight excluding hydrogens is 387 g/mol. The molecule has 8 heteroatoms. The summed E-state index contributed by atoms with van der Waals surface area (Å²) in [5, 5.41) is 0.638. The molecule has 0 N–H and O–H groups in total. The predicted molar refractivity (Wildman–Crippen MR) is 103 cm³/mol. The number of hydrogen-bond acceptors (Lipinski definition) is 4. The van der Waals surface area contributed by atoms with Gasteiger partial charge in [-0.15, -0.1) is 0 Å². The molecule has 0 aliphatic heterocycles. The first-order valence-corrected chi connectivity index (χ1v) is 9.53. The molecule has 3 aromatic rings. The molecular formula is C20H18F3N3OS. The number of aromatic nitrogens is 2. The van der Waals surface area contributed by atoms with E-state index in [1.54, 1.807) is 30.1 Å². The Labute approximate surface area is 164 Å². The molecule has 0 spiro atoms. The summed E-state index contributed by atoms with van der Waals surface area (Å²) in [6, 6.07) is 15.9. The fourth-order valence-electron chi connectivity index (χ4n) is 2.69. The molecule has 0 saturated carbocycles. The summed E-state index contributed by atoms with van der Waals surface area (Å²) in [6.07, 6.45) is -4.65. The van der Waals surface area contributed by atoms with Crippen molar-refractivity contribution in [3.63, 3.8) is 0 Å². The third-order valence-electron chi connectivity index (χ3n) is 4.41. The minimum Gasteiger partial charge on any atom is -0.338 e. The molecule has 0 aliphatic rings. The Bertz CT molecular complexity index is 979. The number of carbonyl (C=O) groups is 1. The van der Waals surface area contributed by atoms with Crippen LogP contribution in [0.5, 0.6) is 0 Å². The molecule has 146 valence electrons. The van der Waals surface area contributed by atoms with Crippen molar-refractivity contribution in [3.8, 4) is 0 Å². The maximum absolute atomic E-state index is 13.1. The zero-order valence-corrected chi connectivity index (χ0v) is 16.1. The SMILES string of the molecule is CC(c1ccccc1)N(C)C(=O)CSc1nc(C(F)(F)F)nc2ccccc12. The van der Waals surface area contributed by atoms with E-state index in [2.05, 4.69) is 9.97 Å². The van der Waals surface area contributed by atoms with Crippen molar-refractivity contribution in [1.82, 2.24) is 14.9 Å². The molecule has 0 bridgehead atoms. The van der Waals surface area contributed by atoms with Gasteiger partial charge in [-0.05, 0) is 18.6 Å². The van der Waals surface area contributed by atoms with Crippen molar-refractivity contribution in [1.29, 1.82) is 0 Å². The highest BCUT2D eigenvalue weighted by Crippen LogP contribution is 2.32. The number of fused-ring (bicyclic) bond motifs is 1. The van der Waals surface area contributed by atoms with Crippen LogP contribution >= 0.6 is 11.8 Å². The van der Waals surface area contributed by atoms with Crippen LogP contribution in [0.15, 0.2) is 59.6 Å². The van der Waals surface area contributed by atoms with Gasteiger partial charge in [-0.1, -0.05) is 60.3 Å². The number of nitrogens with zero attached hydrogens (tertiary/aromatic N) is 3. The van der Waals surface area contributed by atoms with Crippen LogP contribution in [-0.2, 0) is 11.0 Å². The summed E-state index contributed by atoms with van der Waals surface area (Å²) in [7, 11) is 1.68. The van der Waals surface area contributed by atoms with E-state index in [9.17, 15) is 18.0 Å². The number of rotatable bonds is 5. The van der Waals surface area contributed by atoms with Crippen LogP contribution in [0.3, 0.4) is 0 Å². The lowest BCUT2D eigenvalue weighted by Gasteiger charge is -2.25. The van der Waals surface area contributed by atoms with Crippen LogP contribution in [0.4, 0.5) is 13.2 Å². The van der Waals surface area contributed by atoms with Crippen molar-refractivity contribution in [2.45, 2.75) is 24.2 Å². The Morgan fingerprint density at radius 2 is 1.71 bits per heavy atom. The first kappa shape index (κ1) is 20.1. The van der Waals surface area contributed by atoms with Gasteiger partial charge in [0, 0.05) is 12.4 Å². The molecule has 3 rings (SSSR count). The number of hydrogen-bond donors (Lipinski definition) is 0. The fraction of sp³-hybridized carbons (Fsp3) is 0.250. The number of amides is 1. The van der Waals surface area contributed by atoms with Crippen LogP contribution < -0.4 is 0 Å². The third kappa shape index (κ3) is 4.44. The summed E-state index contributed by atoms with van der Waals surface area (Å²) in [4.78, 5) is 21.4. The van der Waals surface area contributed by atoms with Gasteiger partial charge < -0.3 is 4.90 Å². The summed E-state index contributed by atoms with van der Waals surface area (Å²) >= 11 is 0.987. The smallest absolute Gasteiger partial charge is 0.338 e. The summed E-state index contributed by atoms with van der Waals surface area (Å²) in [6.45, 7) is 1.90. The van der Waals surface area contributed by atoms with Gasteiger partial charge in [0.15, 0.2) is 0 Å². The fourth-order valence-corrected chi connectivity index (χ4v) is 3.63. The number of alkyl halides is 3. The van der Waals surface area contributed by atoms with Crippen molar-refractivity contribution in [2.24, 2.45) is 0 Å². The lowest BCUT2D eigenvalue weighted by Crippen LogP contribution is -2.31. The number of halogens is 3. The molecule has 1 heterocycles. The molecule has 0 saturated heterocycles. The van der Waals surface area contributed by atoms with E-state index in [0.717, 1.165) is 17.3 Å². The highest BCUT2D eigenvalue weighted by atomic mass is 32.2. The van der Waals surface area contributed by atoms with E-state index in [1.807, 2.05) is 37.3 Å². The van der Waals surface area contributed by atoms with E-state index in [4.69, 9.17) is 0 Å². The van der Waals surface area contributed by atoms with Gasteiger partial charge in [0.05, 0.1) is 17.3 Å². The highest BCUT2D eigenvalue weighted by Gasteiger charge is 2.35. The first-order valence-electron chi connectivity index (χ1n) is 8.54. The van der Waals surface area contributed by atoms with Gasteiger partial charge in [-0.25, -0.2) is 9.97 Å². The first-order chi connectivity index (χ1) is 13.3. The second kappa shape index (κ2) is 8.18. The minimum absolute atomic E-state index is 0.0218. The zero-order chi connectivity index (χ0) is 20.3. The number of para-hydroxylation sites is 1. The summed E-state index contributed by atoms with van der Waals surface area (Å²) < 4.78 is 39.3. The minimum atomic E-state index is -4.65. The van der Waals surface area contributed by atoms with Crippen LogP contribution in [0.1, 0.15) is 24.4 Å². The van der Waals surface area contributed by atoms with Crippen LogP contribution in [-0.4, -0.2) is 33.6 Å². The second-order valence-electron chi connectivity index (χ2n) is 6.25. The van der Waals surface area contributed by atoms with E-state index in [1.165, 1.54) is 6.07 Å². The quantitative estimate of drug-likeness (QED) is 0.445. The van der Waals surface area contributed by atoms with Gasteiger partial charge in [-0.3, -0.25) is 4.79 Å². The Morgan fingerprint density at radius 1 is 1.07 bits per heavy atom. The lowest BCUT2D eigenvalue weighted by molar-refractivity contribution is -0.145. The molecule has 0 aliphatic carbocycles. The molecule has 0 radical (unpaired) electrons. The molecule has 28 heavy (non-hydrogen) atoms. The average Bonchev–Trinajstić information content (AvgIpc) is 2.70. The number of carbonyl (C=O) groups excluding carboxylic acids is 1. The van der Waals surface area contributed by atoms with E-state index < -0.39 is 12.0 Å². The van der Waals surface area contributed by atoms with E-state index in [0.29, 0.717) is 5.39 Å². The van der Waals surface area contributed by atoms with Gasteiger partial charge in [0.25, 0.3) is 0 Å². The van der Waals surface area contributed by atoms with Crippen LogP contribution in [0.2, 0.25) is 0 Å². The van der Waals surface area contributed by atoms with Crippen molar-refractivity contribution in [3.05, 3.63) is 66.0 Å². The van der Waals surface area contributed by atoms with Gasteiger partial charge in [-0.2, -0.15) is 13.2 Å². The summed E-state index contributed by atoms with van der Waals surface area (Å²) in [5.41, 5.74) is 1.18. The van der Waals surface area contributed by atoms with Crippen molar-refractivity contribution in [2.75, 3.05) is 12.8 Å². The zero-order valence-electron chi connectivity index (χ0n) is 15.3. The summed E-state index contributed by atoms with van der Waals surface area (Å²) in [5.74, 6) is -1.42. The number of benzene rings is 2. The molecule has 1 unspecified atom stereocenters. The molecule has 2 aromatic carbocycles. The van der Waals surface area contributed by atoms with Crippen molar-refractivity contribution < 1.29 is 18.0 Å². The Hall–Kier alpha value is -2.61. The second-order valence-corrected chi connectivity index (χ2v) is 7.21. The Morgan fingerprint density at radius 3 is 2.39 bits per heavy atom. The Kier molecular flexibility index (Phi) is 5.88. The lowest BCUT2D eigenvalue weighted by atomic mass is 10.1. The molecule has 1 atom stereocenters. The normalized spacial score (nSPS) is 12.8. The van der Waals surface area contributed by atoms with E-state index in [-0.39, 0.29) is 28.2 Å². The third-order valence-corrected chi connectivity index (χ3v) is 5.39. The van der Waals surface area contributed by atoms with Gasteiger partial charge in [0.1, 0.15) is 5.03 Å². The van der Waals surface area contributed by atoms with Gasteiger partial charge >= 0.3 is 6.18 Å². The standard InChI is InChI=1S/C20H18F3N3OS/c1-13(14-8-4-3-5-9-14)26(2)17(27)12-28-18-15-10-6-7-11-16(15)24-19(25-18)20(21,22)23/h3-11,13H,12H2,1-2H3. The molecule has 1 amide bonds. The highest BCUT2D eigenvalue weighted by molar-refractivity contribution is 8.00. The predicted octanol–water partition coefficient (Wildman–Crippen LogP) is 4.96. The van der Waals surface area contributed by atoms with Crippen molar-refractivity contribution >= 4 is 28.6 Å². The van der Waals surface area contributed by atoms with Crippen LogP contribution in [0.25, 0.3) is 10.9 Å². The molecule has 0 fully saturated rings. The van der Waals surface area contributed by atoms with Gasteiger partial charge in [0.2, 0.25) is 11.7 Å².